The lowest BCUT2D eigenvalue weighted by Crippen LogP contribution is -2.44. The van der Waals surface area contributed by atoms with Crippen LogP contribution in [-0.2, 0) is 4.79 Å². The van der Waals surface area contributed by atoms with E-state index in [1.807, 2.05) is 0 Å². The third-order valence-electron chi connectivity index (χ3n) is 3.84. The van der Waals surface area contributed by atoms with Gasteiger partial charge in [-0.2, -0.15) is 0 Å². The van der Waals surface area contributed by atoms with Gasteiger partial charge in [0.2, 0.25) is 5.91 Å². The number of carbonyl (C=O) groups is 1. The van der Waals surface area contributed by atoms with Gasteiger partial charge in [-0.3, -0.25) is 4.79 Å². The van der Waals surface area contributed by atoms with Crippen molar-refractivity contribution >= 4 is 18.3 Å². The van der Waals surface area contributed by atoms with Gasteiger partial charge in [0.05, 0.1) is 0 Å². The lowest BCUT2D eigenvalue weighted by Gasteiger charge is -2.27. The summed E-state index contributed by atoms with van der Waals surface area (Å²) in [5.41, 5.74) is -0.0497. The largest absolute Gasteiger partial charge is 0.354 e. The summed E-state index contributed by atoms with van der Waals surface area (Å²) in [6.45, 7) is 8.03. The predicted octanol–water partition coefficient (Wildman–Crippen LogP) is 2.49. The molecule has 0 saturated heterocycles. The van der Waals surface area contributed by atoms with Gasteiger partial charge in [-0.25, -0.2) is 0 Å². The highest BCUT2D eigenvalue weighted by atomic mass is 35.5. The molecule has 1 fully saturated rings. The molecule has 3 nitrogen and oxygen atoms in total. The van der Waals surface area contributed by atoms with Gasteiger partial charge in [0.25, 0.3) is 0 Å². The van der Waals surface area contributed by atoms with E-state index in [-0.39, 0.29) is 23.7 Å². The molecular weight excluding hydrogens is 236 g/mol. The van der Waals surface area contributed by atoms with Crippen LogP contribution < -0.4 is 10.6 Å². The van der Waals surface area contributed by atoms with Gasteiger partial charge >= 0.3 is 0 Å². The molecule has 17 heavy (non-hydrogen) atoms. The van der Waals surface area contributed by atoms with Crippen LogP contribution in [0, 0.1) is 5.41 Å². The molecule has 4 heteroatoms. The average molecular weight is 263 g/mol. The Morgan fingerprint density at radius 2 is 1.88 bits per heavy atom. The quantitative estimate of drug-likeness (QED) is 0.772. The molecule has 0 aromatic carbocycles. The molecule has 1 rings (SSSR count). The first-order valence-electron chi connectivity index (χ1n) is 6.66. The van der Waals surface area contributed by atoms with Gasteiger partial charge in [0.1, 0.15) is 0 Å². The molecule has 0 spiro atoms. The van der Waals surface area contributed by atoms with E-state index in [9.17, 15) is 4.79 Å². The number of rotatable bonds is 6. The van der Waals surface area contributed by atoms with Crippen LogP contribution in [0.25, 0.3) is 0 Å². The number of hydrogen-bond acceptors (Lipinski definition) is 2. The first-order valence-corrected chi connectivity index (χ1v) is 6.66. The van der Waals surface area contributed by atoms with E-state index in [0.29, 0.717) is 6.04 Å². The van der Waals surface area contributed by atoms with Crippen LogP contribution in [0.3, 0.4) is 0 Å². The van der Waals surface area contributed by atoms with Crippen molar-refractivity contribution in [2.24, 2.45) is 5.41 Å². The summed E-state index contributed by atoms with van der Waals surface area (Å²) in [4.78, 5) is 12.2. The van der Waals surface area contributed by atoms with Gasteiger partial charge < -0.3 is 10.6 Å². The Labute approximate surface area is 112 Å². The number of amides is 1. The van der Waals surface area contributed by atoms with Crippen LogP contribution in [-0.4, -0.2) is 25.0 Å². The maximum Gasteiger partial charge on any atom is 0.226 e. The van der Waals surface area contributed by atoms with Crippen LogP contribution in [0.4, 0.5) is 0 Å². The number of halogens is 1. The van der Waals surface area contributed by atoms with Crippen molar-refractivity contribution in [1.82, 2.24) is 10.6 Å². The third kappa shape index (κ3) is 4.47. The highest BCUT2D eigenvalue weighted by Crippen LogP contribution is 2.40. The zero-order valence-corrected chi connectivity index (χ0v) is 12.2. The normalized spacial score (nSPS) is 19.5. The zero-order chi connectivity index (χ0) is 12.0. The van der Waals surface area contributed by atoms with Crippen molar-refractivity contribution in [2.45, 2.75) is 58.9 Å². The second-order valence-electron chi connectivity index (χ2n) is 5.01. The second-order valence-corrected chi connectivity index (χ2v) is 5.01. The van der Waals surface area contributed by atoms with Crippen LogP contribution in [0.5, 0.6) is 0 Å². The number of nitrogens with one attached hydrogen (secondary N) is 2. The fourth-order valence-electron chi connectivity index (χ4n) is 2.65. The fraction of sp³-hybridized carbons (Fsp3) is 0.923. The first kappa shape index (κ1) is 16.7. The third-order valence-corrected chi connectivity index (χ3v) is 3.84. The zero-order valence-electron chi connectivity index (χ0n) is 11.3. The number of likely N-dealkylation sites (N-methyl/N-ethyl adjacent to an activating group) is 1. The Hall–Kier alpha value is -0.280. The second kappa shape index (κ2) is 7.93. The van der Waals surface area contributed by atoms with E-state index in [4.69, 9.17) is 0 Å². The summed E-state index contributed by atoms with van der Waals surface area (Å²) in [5.74, 6) is 0.275. The topological polar surface area (TPSA) is 41.1 Å². The summed E-state index contributed by atoms with van der Waals surface area (Å²) in [5, 5.41) is 6.41. The van der Waals surface area contributed by atoms with Gasteiger partial charge in [0, 0.05) is 18.0 Å². The maximum absolute atomic E-state index is 12.2. The minimum Gasteiger partial charge on any atom is -0.354 e. The van der Waals surface area contributed by atoms with E-state index < -0.39 is 0 Å². The molecule has 1 aliphatic carbocycles. The molecule has 1 amide bonds. The Morgan fingerprint density at radius 3 is 2.35 bits per heavy atom. The van der Waals surface area contributed by atoms with E-state index in [0.717, 1.165) is 32.4 Å². The van der Waals surface area contributed by atoms with E-state index >= 15 is 0 Å². The lowest BCUT2D eigenvalue weighted by atomic mass is 9.82. The van der Waals surface area contributed by atoms with Gasteiger partial charge in [-0.05, 0) is 32.7 Å². The molecule has 2 N–H and O–H groups in total. The SMILES string of the molecule is CCN[C@H](C)CNC(=O)C1(CC)CCCC1.Cl. The van der Waals surface area contributed by atoms with E-state index in [1.165, 1.54) is 12.8 Å². The standard InChI is InChI=1S/C13H26N2O.ClH/c1-4-13(8-6-7-9-13)12(16)15-10-11(3)14-5-2;/h11,14H,4-10H2,1-3H3,(H,15,16);1H/t11-;/m1./s1. The molecule has 0 unspecified atom stereocenters. The Bertz CT molecular complexity index is 227. The van der Waals surface area contributed by atoms with Crippen molar-refractivity contribution in [3.63, 3.8) is 0 Å². The molecule has 102 valence electrons. The maximum atomic E-state index is 12.2. The predicted molar refractivity (Wildman–Crippen MR) is 74.6 cm³/mol. The van der Waals surface area contributed by atoms with Crippen molar-refractivity contribution < 1.29 is 4.79 Å². The summed E-state index contributed by atoms with van der Waals surface area (Å²) < 4.78 is 0. The smallest absolute Gasteiger partial charge is 0.226 e. The molecule has 0 radical (unpaired) electrons. The van der Waals surface area contributed by atoms with Crippen molar-refractivity contribution in [3.8, 4) is 0 Å². The van der Waals surface area contributed by atoms with Gasteiger partial charge in [0.15, 0.2) is 0 Å². The number of carbonyl (C=O) groups excluding carboxylic acids is 1. The van der Waals surface area contributed by atoms with Crippen LogP contribution in [0.2, 0.25) is 0 Å². The monoisotopic (exact) mass is 262 g/mol. The molecule has 0 aromatic rings. The van der Waals surface area contributed by atoms with E-state index in [1.54, 1.807) is 0 Å². The minimum atomic E-state index is -0.0497. The highest BCUT2D eigenvalue weighted by Gasteiger charge is 2.38. The Kier molecular flexibility index (Phi) is 7.80. The van der Waals surface area contributed by atoms with Crippen LogP contribution in [0.15, 0.2) is 0 Å². The average Bonchev–Trinajstić information content (AvgIpc) is 2.76. The summed E-state index contributed by atoms with van der Waals surface area (Å²) in [6.07, 6.45) is 5.55. The molecule has 0 aromatic heterocycles. The first-order chi connectivity index (χ1) is 7.64. The molecular formula is C13H27ClN2O. The van der Waals surface area contributed by atoms with Crippen molar-refractivity contribution in [2.75, 3.05) is 13.1 Å². The molecule has 0 aliphatic heterocycles. The van der Waals surface area contributed by atoms with Gasteiger partial charge in [-0.1, -0.05) is 26.7 Å². The lowest BCUT2D eigenvalue weighted by molar-refractivity contribution is -0.131. The van der Waals surface area contributed by atoms with Crippen LogP contribution in [0.1, 0.15) is 52.9 Å². The molecule has 0 heterocycles. The minimum absolute atomic E-state index is 0. The summed E-state index contributed by atoms with van der Waals surface area (Å²) in [6, 6.07) is 0.365. The van der Waals surface area contributed by atoms with Crippen molar-refractivity contribution in [1.29, 1.82) is 0 Å². The van der Waals surface area contributed by atoms with Crippen molar-refractivity contribution in [3.05, 3.63) is 0 Å². The summed E-state index contributed by atoms with van der Waals surface area (Å²) >= 11 is 0. The Morgan fingerprint density at radius 1 is 1.29 bits per heavy atom. The molecule has 1 aliphatic rings. The van der Waals surface area contributed by atoms with Crippen LogP contribution >= 0.6 is 12.4 Å². The Balaban J connectivity index is 0.00000256. The molecule has 0 bridgehead atoms. The summed E-state index contributed by atoms with van der Waals surface area (Å²) in [7, 11) is 0. The fourth-order valence-corrected chi connectivity index (χ4v) is 2.65. The molecule has 1 saturated carbocycles. The number of hydrogen-bond donors (Lipinski definition) is 2. The van der Waals surface area contributed by atoms with E-state index in [2.05, 4.69) is 31.4 Å². The molecule has 1 atom stereocenters. The van der Waals surface area contributed by atoms with Gasteiger partial charge in [-0.15, -0.1) is 12.4 Å². The highest BCUT2D eigenvalue weighted by molar-refractivity contribution is 5.85.